The average Bonchev–Trinajstić information content (AvgIpc) is 3.47. The fourth-order valence-electron chi connectivity index (χ4n) is 3.18. The second kappa shape index (κ2) is 6.26. The van der Waals surface area contributed by atoms with E-state index in [9.17, 15) is 4.79 Å². The third-order valence-corrected chi connectivity index (χ3v) is 4.83. The molecule has 0 aromatic carbocycles. The molecule has 0 saturated heterocycles. The summed E-state index contributed by atoms with van der Waals surface area (Å²) < 4.78 is 5.92. The van der Waals surface area contributed by atoms with Crippen LogP contribution in [0.2, 0.25) is 0 Å². The van der Waals surface area contributed by atoms with Gasteiger partial charge in [-0.05, 0) is 38.0 Å². The van der Waals surface area contributed by atoms with Crippen molar-refractivity contribution in [2.24, 2.45) is 5.92 Å². The molecule has 0 spiro atoms. The summed E-state index contributed by atoms with van der Waals surface area (Å²) in [7, 11) is 1.80. The van der Waals surface area contributed by atoms with E-state index < -0.39 is 0 Å². The molecule has 1 aliphatic carbocycles. The van der Waals surface area contributed by atoms with Crippen molar-refractivity contribution in [2.45, 2.75) is 19.8 Å². The fourth-order valence-corrected chi connectivity index (χ4v) is 3.18. The minimum atomic E-state index is 0.0119. The molecule has 8 heteroatoms. The molecule has 0 radical (unpaired) electrons. The van der Waals surface area contributed by atoms with Gasteiger partial charge < -0.3 is 15.1 Å². The fraction of sp³-hybridized carbons (Fsp3) is 0.250. The van der Waals surface area contributed by atoms with E-state index >= 15 is 0 Å². The number of hydrogen-bond acceptors (Lipinski definition) is 7. The lowest BCUT2D eigenvalue weighted by atomic mass is 10.1. The van der Waals surface area contributed by atoms with E-state index in [0.717, 1.165) is 29.3 Å². The Balaban J connectivity index is 1.66. The van der Waals surface area contributed by atoms with Gasteiger partial charge in [0.05, 0.1) is 5.56 Å². The van der Waals surface area contributed by atoms with Crippen molar-refractivity contribution in [1.29, 1.82) is 0 Å². The quantitative estimate of drug-likeness (QED) is 0.563. The SMILES string of the molecule is CNc1ncc(-c2nc3nc(C)ccc3o2)c2cc(NC(=O)C3CC3)ncc12. The van der Waals surface area contributed by atoms with Gasteiger partial charge >= 0.3 is 0 Å². The van der Waals surface area contributed by atoms with Gasteiger partial charge in [0, 0.05) is 41.8 Å². The highest BCUT2D eigenvalue weighted by Gasteiger charge is 2.30. The molecule has 0 aliphatic heterocycles. The van der Waals surface area contributed by atoms with Gasteiger partial charge in [0.15, 0.2) is 11.2 Å². The molecule has 4 aromatic heterocycles. The maximum absolute atomic E-state index is 12.1. The molecule has 8 nitrogen and oxygen atoms in total. The number of rotatable bonds is 4. The van der Waals surface area contributed by atoms with Crippen molar-refractivity contribution in [2.75, 3.05) is 17.7 Å². The normalized spacial score (nSPS) is 13.8. The van der Waals surface area contributed by atoms with Gasteiger partial charge in [0.1, 0.15) is 11.6 Å². The van der Waals surface area contributed by atoms with Crippen LogP contribution in [-0.4, -0.2) is 32.9 Å². The van der Waals surface area contributed by atoms with Crippen LogP contribution in [-0.2, 0) is 4.79 Å². The molecular formula is C20H18N6O2. The third-order valence-electron chi connectivity index (χ3n) is 4.83. The molecule has 5 rings (SSSR count). The Kier molecular flexibility index (Phi) is 3.71. The summed E-state index contributed by atoms with van der Waals surface area (Å²) in [5.41, 5.74) is 2.75. The molecule has 1 aliphatic rings. The van der Waals surface area contributed by atoms with Crippen LogP contribution in [0, 0.1) is 12.8 Å². The predicted molar refractivity (Wildman–Crippen MR) is 106 cm³/mol. The Labute approximate surface area is 160 Å². The minimum absolute atomic E-state index is 0.0119. The van der Waals surface area contributed by atoms with E-state index in [-0.39, 0.29) is 11.8 Å². The first-order chi connectivity index (χ1) is 13.6. The van der Waals surface area contributed by atoms with Crippen LogP contribution >= 0.6 is 0 Å². The first-order valence-corrected chi connectivity index (χ1v) is 9.14. The summed E-state index contributed by atoms with van der Waals surface area (Å²) in [5.74, 6) is 1.74. The van der Waals surface area contributed by atoms with E-state index in [1.165, 1.54) is 0 Å². The maximum Gasteiger partial charge on any atom is 0.231 e. The number of anilines is 2. The van der Waals surface area contributed by atoms with Crippen molar-refractivity contribution in [3.63, 3.8) is 0 Å². The van der Waals surface area contributed by atoms with Crippen LogP contribution in [0.3, 0.4) is 0 Å². The van der Waals surface area contributed by atoms with Gasteiger partial charge in [-0.15, -0.1) is 0 Å². The summed E-state index contributed by atoms with van der Waals surface area (Å²) in [5, 5.41) is 7.61. The molecule has 1 saturated carbocycles. The van der Waals surface area contributed by atoms with Gasteiger partial charge in [0.2, 0.25) is 11.8 Å². The molecule has 140 valence electrons. The highest BCUT2D eigenvalue weighted by Crippen LogP contribution is 2.34. The Bertz CT molecular complexity index is 1230. The maximum atomic E-state index is 12.1. The number of nitrogens with zero attached hydrogens (tertiary/aromatic N) is 4. The monoisotopic (exact) mass is 374 g/mol. The number of amides is 1. The second-order valence-electron chi connectivity index (χ2n) is 6.94. The second-order valence-corrected chi connectivity index (χ2v) is 6.94. The van der Waals surface area contributed by atoms with Crippen LogP contribution in [0.1, 0.15) is 18.5 Å². The van der Waals surface area contributed by atoms with Gasteiger partial charge in [-0.2, -0.15) is 4.98 Å². The zero-order valence-corrected chi connectivity index (χ0v) is 15.5. The van der Waals surface area contributed by atoms with E-state index in [1.54, 1.807) is 19.4 Å². The largest absolute Gasteiger partial charge is 0.434 e. The Morgan fingerprint density at radius 3 is 2.79 bits per heavy atom. The third kappa shape index (κ3) is 2.83. The predicted octanol–water partition coefficient (Wildman–Crippen LogP) is 3.53. The lowest BCUT2D eigenvalue weighted by molar-refractivity contribution is -0.117. The van der Waals surface area contributed by atoms with Gasteiger partial charge in [0.25, 0.3) is 0 Å². The molecular weight excluding hydrogens is 356 g/mol. The van der Waals surface area contributed by atoms with Crippen molar-refractivity contribution in [3.8, 4) is 11.5 Å². The number of aromatic nitrogens is 4. The Morgan fingerprint density at radius 1 is 1.14 bits per heavy atom. The Morgan fingerprint density at radius 2 is 2.00 bits per heavy atom. The van der Waals surface area contributed by atoms with Crippen LogP contribution in [0.4, 0.5) is 11.6 Å². The molecule has 0 unspecified atom stereocenters. The molecule has 2 N–H and O–H groups in total. The average molecular weight is 374 g/mol. The zero-order chi connectivity index (χ0) is 19.3. The van der Waals surface area contributed by atoms with E-state index in [4.69, 9.17) is 4.42 Å². The Hall–Kier alpha value is -3.55. The summed E-state index contributed by atoms with van der Waals surface area (Å²) in [6, 6.07) is 5.57. The van der Waals surface area contributed by atoms with Crippen molar-refractivity contribution >= 4 is 39.5 Å². The molecule has 1 fully saturated rings. The van der Waals surface area contributed by atoms with E-state index in [0.29, 0.717) is 34.3 Å². The molecule has 0 bridgehead atoms. The standard InChI is InChI=1S/C20H18N6O2/c1-10-3-6-15-18(24-10)26-20(28-15)14-9-23-17(21-2)13-8-22-16(7-12(13)14)25-19(27)11-4-5-11/h3,6-9,11H,4-5H2,1-2H3,(H,21,23)(H,22,25,27). The van der Waals surface area contributed by atoms with Gasteiger partial charge in [-0.25, -0.2) is 15.0 Å². The minimum Gasteiger partial charge on any atom is -0.434 e. The number of carbonyl (C=O) groups excluding carboxylic acids is 1. The highest BCUT2D eigenvalue weighted by atomic mass is 16.3. The number of carbonyl (C=O) groups is 1. The smallest absolute Gasteiger partial charge is 0.231 e. The highest BCUT2D eigenvalue weighted by molar-refractivity contribution is 6.03. The zero-order valence-electron chi connectivity index (χ0n) is 15.5. The van der Waals surface area contributed by atoms with Crippen LogP contribution in [0.25, 0.3) is 33.5 Å². The lowest BCUT2D eigenvalue weighted by Crippen LogP contribution is -2.14. The van der Waals surface area contributed by atoms with Gasteiger partial charge in [-0.3, -0.25) is 4.79 Å². The van der Waals surface area contributed by atoms with Crippen LogP contribution in [0.15, 0.2) is 35.0 Å². The number of nitrogens with one attached hydrogen (secondary N) is 2. The molecule has 4 heterocycles. The molecule has 28 heavy (non-hydrogen) atoms. The summed E-state index contributed by atoms with van der Waals surface area (Å²) in [6.07, 6.45) is 5.28. The number of oxazole rings is 1. The number of pyridine rings is 3. The van der Waals surface area contributed by atoms with Crippen molar-refractivity contribution < 1.29 is 9.21 Å². The van der Waals surface area contributed by atoms with Crippen LogP contribution < -0.4 is 10.6 Å². The number of hydrogen-bond donors (Lipinski definition) is 2. The first-order valence-electron chi connectivity index (χ1n) is 9.14. The summed E-state index contributed by atoms with van der Waals surface area (Å²) >= 11 is 0. The van der Waals surface area contributed by atoms with E-state index in [1.807, 2.05) is 25.1 Å². The summed E-state index contributed by atoms with van der Waals surface area (Å²) in [6.45, 7) is 1.91. The summed E-state index contributed by atoms with van der Waals surface area (Å²) in [4.78, 5) is 29.9. The topological polar surface area (TPSA) is 106 Å². The molecule has 4 aromatic rings. The first kappa shape index (κ1) is 16.6. The van der Waals surface area contributed by atoms with E-state index in [2.05, 4.69) is 30.6 Å². The van der Waals surface area contributed by atoms with Crippen LogP contribution in [0.5, 0.6) is 0 Å². The van der Waals surface area contributed by atoms with Gasteiger partial charge in [-0.1, -0.05) is 0 Å². The lowest BCUT2D eigenvalue weighted by Gasteiger charge is -2.10. The molecule has 0 atom stereocenters. The number of fused-ring (bicyclic) bond motifs is 2. The number of aryl methyl sites for hydroxylation is 1. The van der Waals surface area contributed by atoms with Crippen molar-refractivity contribution in [3.05, 3.63) is 36.3 Å². The molecule has 1 amide bonds. The van der Waals surface area contributed by atoms with Crippen molar-refractivity contribution in [1.82, 2.24) is 19.9 Å².